The van der Waals surface area contributed by atoms with Gasteiger partial charge >= 0.3 is 0 Å². The van der Waals surface area contributed by atoms with Crippen molar-refractivity contribution < 1.29 is 4.79 Å². The SMILES string of the molecule is Cc1cccc(C)c1NC(=O)CSC1=NNC2C3CC(c4ccc(Cl)cc4)NN3C=CN12. The molecule has 1 amide bonds. The molecule has 166 valence electrons. The number of anilines is 1. The van der Waals surface area contributed by atoms with Crippen LogP contribution in [0.5, 0.6) is 0 Å². The molecular weight excluding hydrogens is 444 g/mol. The summed E-state index contributed by atoms with van der Waals surface area (Å²) >= 11 is 7.48. The highest BCUT2D eigenvalue weighted by Gasteiger charge is 2.44. The van der Waals surface area contributed by atoms with E-state index in [1.807, 2.05) is 56.6 Å². The first-order valence-electron chi connectivity index (χ1n) is 10.6. The molecule has 3 aliphatic rings. The van der Waals surface area contributed by atoms with E-state index >= 15 is 0 Å². The maximum atomic E-state index is 12.6. The molecule has 2 aromatic rings. The van der Waals surface area contributed by atoms with E-state index in [4.69, 9.17) is 11.6 Å². The number of halogens is 1. The van der Waals surface area contributed by atoms with Gasteiger partial charge in [0.05, 0.1) is 17.8 Å². The molecule has 0 saturated carbocycles. The van der Waals surface area contributed by atoms with Crippen molar-refractivity contribution in [3.8, 4) is 0 Å². The van der Waals surface area contributed by atoms with Crippen LogP contribution in [0.15, 0.2) is 60.0 Å². The fourth-order valence-corrected chi connectivity index (χ4v) is 5.28. The Morgan fingerprint density at radius 3 is 2.69 bits per heavy atom. The predicted molar refractivity (Wildman–Crippen MR) is 130 cm³/mol. The Labute approximate surface area is 196 Å². The van der Waals surface area contributed by atoms with Gasteiger partial charge in [0.15, 0.2) is 5.17 Å². The van der Waals surface area contributed by atoms with E-state index in [0.717, 1.165) is 33.4 Å². The molecule has 1 fully saturated rings. The molecule has 5 rings (SSSR count). The van der Waals surface area contributed by atoms with E-state index in [2.05, 4.69) is 43.3 Å². The number of amidine groups is 1. The number of hydrogen-bond donors (Lipinski definition) is 3. The van der Waals surface area contributed by atoms with Gasteiger partial charge in [0.2, 0.25) is 5.91 Å². The minimum absolute atomic E-state index is 0.0222. The molecule has 9 heteroatoms. The number of carbonyl (C=O) groups excluding carboxylic acids is 1. The average molecular weight is 469 g/mol. The van der Waals surface area contributed by atoms with E-state index in [0.29, 0.717) is 5.75 Å². The summed E-state index contributed by atoms with van der Waals surface area (Å²) in [5, 5.41) is 11.2. The third-order valence-electron chi connectivity index (χ3n) is 6.06. The number of hydrogen-bond acceptors (Lipinski definition) is 7. The summed E-state index contributed by atoms with van der Waals surface area (Å²) in [6.45, 7) is 4.01. The second kappa shape index (κ2) is 8.69. The van der Waals surface area contributed by atoms with Crippen molar-refractivity contribution in [1.29, 1.82) is 0 Å². The van der Waals surface area contributed by atoms with Crippen molar-refractivity contribution in [2.45, 2.75) is 38.5 Å². The zero-order valence-corrected chi connectivity index (χ0v) is 19.5. The van der Waals surface area contributed by atoms with Gasteiger partial charge in [0.25, 0.3) is 0 Å². The lowest BCUT2D eigenvalue weighted by Crippen LogP contribution is -2.54. The van der Waals surface area contributed by atoms with Crippen molar-refractivity contribution in [2.75, 3.05) is 11.1 Å². The van der Waals surface area contributed by atoms with Crippen LogP contribution in [0, 0.1) is 13.8 Å². The molecule has 3 aliphatic heterocycles. The molecule has 0 aromatic heterocycles. The van der Waals surface area contributed by atoms with E-state index < -0.39 is 0 Å². The highest BCUT2D eigenvalue weighted by atomic mass is 35.5. The van der Waals surface area contributed by atoms with E-state index in [1.165, 1.54) is 17.3 Å². The molecule has 3 N–H and O–H groups in total. The van der Waals surface area contributed by atoms with Crippen LogP contribution >= 0.6 is 23.4 Å². The number of benzene rings is 2. The Balaban J connectivity index is 1.19. The lowest BCUT2D eigenvalue weighted by Gasteiger charge is -2.36. The van der Waals surface area contributed by atoms with Crippen LogP contribution in [0.4, 0.5) is 5.69 Å². The number of carbonyl (C=O) groups is 1. The van der Waals surface area contributed by atoms with Crippen LogP contribution in [0.1, 0.15) is 29.2 Å². The fourth-order valence-electron chi connectivity index (χ4n) is 4.38. The number of hydrazine groups is 1. The number of fused-ring (bicyclic) bond motifs is 3. The number of amides is 1. The first-order chi connectivity index (χ1) is 15.5. The summed E-state index contributed by atoms with van der Waals surface area (Å²) in [6, 6.07) is 14.4. The van der Waals surface area contributed by atoms with Gasteiger partial charge in [-0.1, -0.05) is 53.7 Å². The molecule has 0 aliphatic carbocycles. The standard InChI is InChI=1S/C23H25ClN6OS/c1-14-4-3-5-15(2)21(14)25-20(31)13-32-23-27-26-22-19-12-18(16-6-8-17(24)9-7-16)28-30(19)11-10-29(22)23/h3-11,18-19,22,26,28H,12-13H2,1-2H3,(H,25,31). The second-order valence-corrected chi connectivity index (χ2v) is 9.60. The maximum absolute atomic E-state index is 12.6. The zero-order valence-electron chi connectivity index (χ0n) is 17.9. The minimum atomic E-state index is -0.0356. The smallest absolute Gasteiger partial charge is 0.234 e. The molecule has 2 aromatic carbocycles. The largest absolute Gasteiger partial charge is 0.325 e. The number of nitrogens with one attached hydrogen (secondary N) is 3. The predicted octanol–water partition coefficient (Wildman–Crippen LogP) is 3.94. The van der Waals surface area contributed by atoms with Gasteiger partial charge in [-0.05, 0) is 49.1 Å². The Bertz CT molecular complexity index is 1070. The van der Waals surface area contributed by atoms with Gasteiger partial charge in [0.1, 0.15) is 6.17 Å². The minimum Gasteiger partial charge on any atom is -0.325 e. The van der Waals surface area contributed by atoms with Crippen molar-refractivity contribution in [3.63, 3.8) is 0 Å². The summed E-state index contributed by atoms with van der Waals surface area (Å²) in [4.78, 5) is 14.7. The Morgan fingerprint density at radius 1 is 1.19 bits per heavy atom. The number of para-hydroxylation sites is 1. The first-order valence-corrected chi connectivity index (χ1v) is 11.9. The van der Waals surface area contributed by atoms with Crippen molar-refractivity contribution in [3.05, 3.63) is 76.6 Å². The van der Waals surface area contributed by atoms with Gasteiger partial charge < -0.3 is 15.2 Å². The first kappa shape index (κ1) is 21.2. The number of hydrazone groups is 1. The monoisotopic (exact) mass is 468 g/mol. The molecule has 0 radical (unpaired) electrons. The van der Waals surface area contributed by atoms with E-state index in [9.17, 15) is 4.79 Å². The fraction of sp³-hybridized carbons (Fsp3) is 0.304. The lowest BCUT2D eigenvalue weighted by molar-refractivity contribution is -0.113. The molecule has 0 spiro atoms. The van der Waals surface area contributed by atoms with Gasteiger partial charge in [-0.3, -0.25) is 10.2 Å². The summed E-state index contributed by atoms with van der Waals surface area (Å²) < 4.78 is 0. The highest BCUT2D eigenvalue weighted by Crippen LogP contribution is 2.35. The molecule has 0 bridgehead atoms. The van der Waals surface area contributed by atoms with Gasteiger partial charge in [-0.25, -0.2) is 5.43 Å². The number of rotatable bonds is 4. The van der Waals surface area contributed by atoms with Crippen molar-refractivity contribution in [2.24, 2.45) is 5.10 Å². The summed E-state index contributed by atoms with van der Waals surface area (Å²) in [5.41, 5.74) is 11.0. The van der Waals surface area contributed by atoms with E-state index in [1.54, 1.807) is 0 Å². The maximum Gasteiger partial charge on any atom is 0.234 e. The van der Waals surface area contributed by atoms with E-state index in [-0.39, 0.29) is 24.2 Å². The van der Waals surface area contributed by atoms with Gasteiger partial charge in [0, 0.05) is 23.1 Å². The molecular formula is C23H25ClN6OS. The summed E-state index contributed by atoms with van der Waals surface area (Å²) in [5.74, 6) is 0.261. The molecule has 3 unspecified atom stereocenters. The third kappa shape index (κ3) is 4.05. The molecule has 7 nitrogen and oxygen atoms in total. The highest BCUT2D eigenvalue weighted by molar-refractivity contribution is 8.14. The number of nitrogens with zero attached hydrogens (tertiary/aromatic N) is 3. The Hall–Kier alpha value is -2.68. The van der Waals surface area contributed by atoms with Crippen molar-refractivity contribution in [1.82, 2.24) is 20.8 Å². The molecule has 1 saturated heterocycles. The van der Waals surface area contributed by atoms with Crippen LogP contribution < -0.4 is 16.2 Å². The van der Waals surface area contributed by atoms with Crippen molar-refractivity contribution >= 4 is 40.1 Å². The average Bonchev–Trinajstić information content (AvgIpc) is 3.39. The third-order valence-corrected chi connectivity index (χ3v) is 7.27. The normalized spacial score (nSPS) is 23.5. The summed E-state index contributed by atoms with van der Waals surface area (Å²) in [7, 11) is 0. The van der Waals surface area contributed by atoms with Crippen LogP contribution in [0.25, 0.3) is 0 Å². The van der Waals surface area contributed by atoms with Crippen LogP contribution in [0.2, 0.25) is 5.02 Å². The van der Waals surface area contributed by atoms with Crippen LogP contribution in [-0.4, -0.2) is 38.9 Å². The molecule has 3 heterocycles. The Morgan fingerprint density at radius 2 is 1.94 bits per heavy atom. The number of thioether (sulfide) groups is 1. The summed E-state index contributed by atoms with van der Waals surface area (Å²) in [6.07, 6.45) is 5.00. The topological polar surface area (TPSA) is 72.0 Å². The van der Waals surface area contributed by atoms with Gasteiger partial charge in [-0.15, -0.1) is 0 Å². The lowest BCUT2D eigenvalue weighted by atomic mass is 10.00. The molecule has 32 heavy (non-hydrogen) atoms. The second-order valence-electron chi connectivity index (χ2n) is 8.22. The van der Waals surface area contributed by atoms with Crippen LogP contribution in [-0.2, 0) is 4.79 Å². The van der Waals surface area contributed by atoms with Gasteiger partial charge in [-0.2, -0.15) is 5.10 Å². The molecule has 3 atom stereocenters. The van der Waals surface area contributed by atoms with Crippen LogP contribution in [0.3, 0.4) is 0 Å². The zero-order chi connectivity index (χ0) is 22.2. The number of aryl methyl sites for hydroxylation is 2. The Kier molecular flexibility index (Phi) is 5.75. The quantitative estimate of drug-likeness (QED) is 0.631.